The van der Waals surface area contributed by atoms with Crippen molar-refractivity contribution in [1.29, 1.82) is 0 Å². The summed E-state index contributed by atoms with van der Waals surface area (Å²) >= 11 is 0. The second kappa shape index (κ2) is 6.89. The van der Waals surface area contributed by atoms with Crippen molar-refractivity contribution >= 4 is 22.5 Å². The summed E-state index contributed by atoms with van der Waals surface area (Å²) in [4.78, 5) is 30.6. The molecule has 132 valence electrons. The molecule has 0 unspecified atom stereocenters. The number of aromatic nitrogens is 1. The number of hydrogen-bond donors (Lipinski definition) is 1. The van der Waals surface area contributed by atoms with Crippen LogP contribution in [0.25, 0.3) is 10.9 Å². The van der Waals surface area contributed by atoms with Crippen LogP contribution in [-0.4, -0.2) is 34.5 Å². The van der Waals surface area contributed by atoms with E-state index < -0.39 is 0 Å². The van der Waals surface area contributed by atoms with Gasteiger partial charge in [-0.1, -0.05) is 55.5 Å². The number of aromatic amines is 1. The van der Waals surface area contributed by atoms with E-state index >= 15 is 0 Å². The summed E-state index contributed by atoms with van der Waals surface area (Å²) in [6.45, 7) is 2.91. The molecule has 4 heteroatoms. The van der Waals surface area contributed by atoms with Crippen molar-refractivity contribution in [2.75, 3.05) is 13.1 Å². The lowest BCUT2D eigenvalue weighted by Crippen LogP contribution is -2.44. The number of fused-ring (bicyclic) bond motifs is 1. The van der Waals surface area contributed by atoms with Gasteiger partial charge in [0.25, 0.3) is 0 Å². The van der Waals surface area contributed by atoms with Gasteiger partial charge in [0.1, 0.15) is 5.78 Å². The zero-order chi connectivity index (χ0) is 18.1. The van der Waals surface area contributed by atoms with Gasteiger partial charge in [-0.25, -0.2) is 0 Å². The first-order valence-corrected chi connectivity index (χ1v) is 9.06. The van der Waals surface area contributed by atoms with Gasteiger partial charge in [0.2, 0.25) is 0 Å². The molecule has 26 heavy (non-hydrogen) atoms. The van der Waals surface area contributed by atoms with Gasteiger partial charge in [-0.15, -0.1) is 0 Å². The fraction of sp³-hybridized carbons (Fsp3) is 0.273. The number of nitrogens with zero attached hydrogens (tertiary/aromatic N) is 1. The van der Waals surface area contributed by atoms with Gasteiger partial charge in [-0.3, -0.25) is 14.5 Å². The highest BCUT2D eigenvalue weighted by atomic mass is 16.1. The highest BCUT2D eigenvalue weighted by molar-refractivity contribution is 6.08. The second-order valence-electron chi connectivity index (χ2n) is 7.00. The third kappa shape index (κ3) is 2.97. The summed E-state index contributed by atoms with van der Waals surface area (Å²) in [5.41, 5.74) is 2.79. The molecular formula is C22H22N2O2. The Morgan fingerprint density at radius 1 is 1.12 bits per heavy atom. The van der Waals surface area contributed by atoms with Crippen LogP contribution in [0.3, 0.4) is 0 Å². The maximum atomic E-state index is 13.0. The average Bonchev–Trinajstić information content (AvgIpc) is 3.10. The first-order valence-electron chi connectivity index (χ1n) is 9.06. The van der Waals surface area contributed by atoms with Gasteiger partial charge in [0.15, 0.2) is 5.78 Å². The van der Waals surface area contributed by atoms with Crippen LogP contribution in [0.4, 0.5) is 0 Å². The Balaban J connectivity index is 1.63. The number of hydrogen-bond acceptors (Lipinski definition) is 3. The van der Waals surface area contributed by atoms with Gasteiger partial charge >= 0.3 is 0 Å². The van der Waals surface area contributed by atoms with Crippen LogP contribution in [-0.2, 0) is 4.79 Å². The Kier molecular flexibility index (Phi) is 4.43. The molecule has 2 atom stereocenters. The topological polar surface area (TPSA) is 53.2 Å². The van der Waals surface area contributed by atoms with Crippen molar-refractivity contribution < 1.29 is 9.59 Å². The number of rotatable bonds is 4. The Morgan fingerprint density at radius 2 is 1.85 bits per heavy atom. The number of likely N-dealkylation sites (tertiary alicyclic amines) is 1. The quantitative estimate of drug-likeness (QED) is 0.727. The molecule has 2 heterocycles. The van der Waals surface area contributed by atoms with Crippen LogP contribution in [0, 0.1) is 5.92 Å². The summed E-state index contributed by atoms with van der Waals surface area (Å²) in [5.74, 6) is 0.251. The molecule has 0 radical (unpaired) electrons. The molecule has 0 saturated carbocycles. The predicted molar refractivity (Wildman–Crippen MR) is 102 cm³/mol. The number of Topliss-reactive ketones (excluding diaryl/α,β-unsaturated/α-hetero) is 2. The first-order chi connectivity index (χ1) is 12.6. The summed E-state index contributed by atoms with van der Waals surface area (Å²) < 4.78 is 0. The van der Waals surface area contributed by atoms with Crippen LogP contribution in [0.5, 0.6) is 0 Å². The summed E-state index contributed by atoms with van der Waals surface area (Å²) in [7, 11) is 0. The minimum absolute atomic E-state index is 0.0494. The molecule has 1 fully saturated rings. The Hall–Kier alpha value is -2.72. The monoisotopic (exact) mass is 346 g/mol. The molecular weight excluding hydrogens is 324 g/mol. The fourth-order valence-electron chi connectivity index (χ4n) is 4.01. The van der Waals surface area contributed by atoms with Gasteiger partial charge in [-0.05, 0) is 11.6 Å². The van der Waals surface area contributed by atoms with Crippen molar-refractivity contribution in [2.24, 2.45) is 5.92 Å². The number of H-pyrrole nitrogens is 1. The zero-order valence-electron chi connectivity index (χ0n) is 14.8. The first kappa shape index (κ1) is 16.7. The van der Waals surface area contributed by atoms with Gasteiger partial charge < -0.3 is 4.98 Å². The van der Waals surface area contributed by atoms with Gasteiger partial charge in [0, 0.05) is 47.6 Å². The molecule has 4 nitrogen and oxygen atoms in total. The lowest BCUT2D eigenvalue weighted by Gasteiger charge is -2.39. The van der Waals surface area contributed by atoms with Gasteiger partial charge in [-0.2, -0.15) is 0 Å². The molecule has 1 aliphatic rings. The van der Waals surface area contributed by atoms with Crippen molar-refractivity contribution in [3.05, 3.63) is 71.9 Å². The van der Waals surface area contributed by atoms with E-state index in [2.05, 4.69) is 9.88 Å². The average molecular weight is 346 g/mol. The number of para-hydroxylation sites is 1. The Labute approximate surface area is 152 Å². The zero-order valence-corrected chi connectivity index (χ0v) is 14.8. The van der Waals surface area contributed by atoms with Crippen LogP contribution in [0.15, 0.2) is 60.8 Å². The lowest BCUT2D eigenvalue weighted by atomic mass is 9.84. The molecule has 0 aliphatic carbocycles. The van der Waals surface area contributed by atoms with Gasteiger partial charge in [0.05, 0.1) is 6.54 Å². The number of carbonyl (C=O) groups excluding carboxylic acids is 2. The van der Waals surface area contributed by atoms with E-state index in [9.17, 15) is 9.59 Å². The van der Waals surface area contributed by atoms with Crippen LogP contribution in [0.1, 0.15) is 35.3 Å². The highest BCUT2D eigenvalue weighted by Crippen LogP contribution is 2.34. The van der Waals surface area contributed by atoms with Crippen molar-refractivity contribution in [2.45, 2.75) is 19.4 Å². The minimum Gasteiger partial charge on any atom is -0.360 e. The molecule has 0 bridgehead atoms. The molecule has 0 amide bonds. The lowest BCUT2D eigenvalue weighted by molar-refractivity contribution is -0.128. The third-order valence-electron chi connectivity index (χ3n) is 5.40. The van der Waals surface area contributed by atoms with Crippen molar-refractivity contribution in [3.8, 4) is 0 Å². The molecule has 1 aromatic heterocycles. The Morgan fingerprint density at radius 3 is 2.65 bits per heavy atom. The van der Waals surface area contributed by atoms with E-state index in [1.807, 2.05) is 61.5 Å². The molecule has 3 aromatic rings. The number of piperidine rings is 1. The van der Waals surface area contributed by atoms with Crippen LogP contribution in [0.2, 0.25) is 0 Å². The van der Waals surface area contributed by atoms with Crippen LogP contribution < -0.4 is 0 Å². The van der Waals surface area contributed by atoms with Crippen LogP contribution >= 0.6 is 0 Å². The molecule has 4 rings (SSSR count). The van der Waals surface area contributed by atoms with E-state index in [1.54, 1.807) is 6.20 Å². The maximum absolute atomic E-state index is 13.0. The van der Waals surface area contributed by atoms with Crippen molar-refractivity contribution in [3.63, 3.8) is 0 Å². The standard InChI is InChI=1S/C22H22N2O2/c1-15-20(25)11-12-24(22(15)16-7-3-2-4-8-16)14-21(26)18-13-23-19-10-6-5-9-17(18)19/h2-10,13,15,22-23H,11-12,14H2,1H3/t15-,22+/m1/s1. The van der Waals surface area contributed by atoms with E-state index in [0.717, 1.165) is 22.0 Å². The van der Waals surface area contributed by atoms with E-state index in [0.29, 0.717) is 19.5 Å². The SMILES string of the molecule is C[C@@H]1C(=O)CCN(CC(=O)c2c[nH]c3ccccc23)[C@@H]1c1ccccc1. The van der Waals surface area contributed by atoms with E-state index in [1.165, 1.54) is 0 Å². The number of benzene rings is 2. The largest absolute Gasteiger partial charge is 0.360 e. The summed E-state index contributed by atoms with van der Waals surface area (Å²) in [5, 5.41) is 0.954. The molecule has 2 aromatic carbocycles. The number of carbonyl (C=O) groups is 2. The third-order valence-corrected chi connectivity index (χ3v) is 5.40. The van der Waals surface area contributed by atoms with Crippen molar-refractivity contribution in [1.82, 2.24) is 9.88 Å². The van der Waals surface area contributed by atoms with E-state index in [-0.39, 0.29) is 23.5 Å². The molecule has 1 N–H and O–H groups in total. The Bertz CT molecular complexity index is 945. The highest BCUT2D eigenvalue weighted by Gasteiger charge is 2.36. The molecule has 1 aliphatic heterocycles. The minimum atomic E-state index is -0.109. The predicted octanol–water partition coefficient (Wildman–Crippen LogP) is 4.00. The number of nitrogens with one attached hydrogen (secondary N) is 1. The number of ketones is 2. The summed E-state index contributed by atoms with van der Waals surface area (Å²) in [6, 6.07) is 17.8. The fourth-order valence-corrected chi connectivity index (χ4v) is 4.01. The molecule has 1 saturated heterocycles. The van der Waals surface area contributed by atoms with E-state index in [4.69, 9.17) is 0 Å². The normalized spacial score (nSPS) is 21.2. The summed E-state index contributed by atoms with van der Waals surface area (Å²) in [6.07, 6.45) is 2.30. The second-order valence-corrected chi connectivity index (χ2v) is 7.00. The molecule has 0 spiro atoms. The smallest absolute Gasteiger partial charge is 0.178 e. The maximum Gasteiger partial charge on any atom is 0.178 e.